The Morgan fingerprint density at radius 3 is 1.75 bits per heavy atom. The van der Waals surface area contributed by atoms with E-state index < -0.39 is 39.1 Å². The van der Waals surface area contributed by atoms with E-state index in [0.29, 0.717) is 0 Å². The zero-order chi connectivity index (χ0) is 18.9. The van der Waals surface area contributed by atoms with Crippen molar-refractivity contribution < 1.29 is 67.1 Å². The van der Waals surface area contributed by atoms with Gasteiger partial charge in [-0.05, 0) is 6.42 Å². The summed E-state index contributed by atoms with van der Waals surface area (Å²) in [6.45, 7) is -2.84. The summed E-state index contributed by atoms with van der Waals surface area (Å²) in [5.74, 6) is 0. The average Bonchev–Trinajstić information content (AvgIpc) is 2.33. The molecule has 6 nitrogen and oxygen atoms in total. The zero-order valence-electron chi connectivity index (χ0n) is 11.1. The molecule has 24 heavy (non-hydrogen) atoms. The first-order valence-electron chi connectivity index (χ1n) is 5.72. The summed E-state index contributed by atoms with van der Waals surface area (Å²) in [6, 6.07) is 0. The number of halogens is 9. The highest BCUT2D eigenvalue weighted by atomic mass is 31.2. The molecule has 1 rings (SSSR count). The predicted octanol–water partition coefficient (Wildman–Crippen LogP) is 3.88. The Kier molecular flexibility index (Phi) is 6.22. The van der Waals surface area contributed by atoms with Crippen molar-refractivity contribution in [3.63, 3.8) is 0 Å². The average molecular weight is 402 g/mol. The number of hydrogen-bond acceptors (Lipinski definition) is 6. The first kappa shape index (κ1) is 21.4. The van der Waals surface area contributed by atoms with Gasteiger partial charge in [0.05, 0.1) is 13.2 Å². The number of phosphoric acid groups is 1. The minimum atomic E-state index is -6.48. The summed E-state index contributed by atoms with van der Waals surface area (Å²) in [4.78, 5) is 0. The summed E-state index contributed by atoms with van der Waals surface area (Å²) in [5.41, 5.74) is 0. The third-order valence-electron chi connectivity index (χ3n) is 2.04. The van der Waals surface area contributed by atoms with Gasteiger partial charge in [0.25, 0.3) is 0 Å². The smallest absolute Gasteiger partial charge is 0.287 e. The molecule has 16 heteroatoms. The van der Waals surface area contributed by atoms with E-state index in [2.05, 4.69) is 18.3 Å². The molecule has 0 bridgehead atoms. The van der Waals surface area contributed by atoms with Crippen LogP contribution < -0.4 is 0 Å². The number of hydrogen-bond donors (Lipinski definition) is 0. The van der Waals surface area contributed by atoms with Crippen molar-refractivity contribution in [2.24, 2.45) is 0 Å². The van der Waals surface area contributed by atoms with Crippen LogP contribution in [0.25, 0.3) is 0 Å². The summed E-state index contributed by atoms with van der Waals surface area (Å²) < 4.78 is 140. The number of ether oxygens (including phenoxy) is 2. The van der Waals surface area contributed by atoms with Crippen LogP contribution in [0.3, 0.4) is 0 Å². The van der Waals surface area contributed by atoms with Crippen LogP contribution >= 0.6 is 7.82 Å². The zero-order valence-corrected chi connectivity index (χ0v) is 12.0. The van der Waals surface area contributed by atoms with Gasteiger partial charge in [-0.1, -0.05) is 0 Å². The maximum atomic E-state index is 13.1. The Labute approximate surface area is 127 Å². The van der Waals surface area contributed by atoms with Gasteiger partial charge in [0, 0.05) is 0 Å². The van der Waals surface area contributed by atoms with Gasteiger partial charge in [0.1, 0.15) is 6.61 Å². The molecule has 1 fully saturated rings. The van der Waals surface area contributed by atoms with Crippen molar-refractivity contribution in [1.29, 1.82) is 0 Å². The molecule has 0 spiro atoms. The second-order valence-corrected chi connectivity index (χ2v) is 5.73. The van der Waals surface area contributed by atoms with Gasteiger partial charge in [-0.15, -0.1) is 13.2 Å². The van der Waals surface area contributed by atoms with Gasteiger partial charge in [-0.2, -0.15) is 26.3 Å². The maximum Gasteiger partial charge on any atom is 0.527 e. The second kappa shape index (κ2) is 6.96. The summed E-state index contributed by atoms with van der Waals surface area (Å²) in [5, 5.41) is 0. The van der Waals surface area contributed by atoms with E-state index in [9.17, 15) is 44.1 Å². The predicted molar refractivity (Wildman–Crippen MR) is 53.1 cm³/mol. The van der Waals surface area contributed by atoms with E-state index in [0.717, 1.165) is 0 Å². The molecule has 1 heterocycles. The maximum absolute atomic E-state index is 13.1. The third kappa shape index (κ3) is 6.37. The SMILES string of the molecule is O=P1(OCC(F)(F)OC(F)(F)C(F)(F)OC(F)(F)F)OCCCO1. The molecule has 0 aliphatic carbocycles. The minimum Gasteiger partial charge on any atom is -0.287 e. The molecule has 1 aliphatic heterocycles. The lowest BCUT2D eigenvalue weighted by molar-refractivity contribution is -0.529. The van der Waals surface area contributed by atoms with Gasteiger partial charge < -0.3 is 0 Å². The Morgan fingerprint density at radius 1 is 0.833 bits per heavy atom. The summed E-state index contributed by atoms with van der Waals surface area (Å²) >= 11 is 0. The van der Waals surface area contributed by atoms with Crippen LogP contribution in [0.5, 0.6) is 0 Å². The molecule has 0 aromatic carbocycles. The van der Waals surface area contributed by atoms with Crippen LogP contribution in [0.1, 0.15) is 6.42 Å². The molecular formula is C8H8F9O6P. The Hall–Kier alpha value is -0.600. The molecule has 0 N–H and O–H groups in total. The van der Waals surface area contributed by atoms with Gasteiger partial charge in [-0.3, -0.25) is 13.6 Å². The first-order valence-corrected chi connectivity index (χ1v) is 7.18. The van der Waals surface area contributed by atoms with Crippen molar-refractivity contribution in [2.45, 2.75) is 31.1 Å². The number of rotatable bonds is 7. The molecule has 1 aliphatic rings. The topological polar surface area (TPSA) is 63.2 Å². The summed E-state index contributed by atoms with van der Waals surface area (Å²) in [6.07, 6.45) is -24.2. The first-order chi connectivity index (χ1) is 10.6. The Bertz CT molecular complexity index is 471. The van der Waals surface area contributed by atoms with Crippen LogP contribution in [0.4, 0.5) is 39.5 Å². The highest BCUT2D eigenvalue weighted by Gasteiger charge is 2.68. The molecular weight excluding hydrogens is 394 g/mol. The molecule has 0 saturated carbocycles. The van der Waals surface area contributed by atoms with Crippen LogP contribution in [0, 0.1) is 0 Å². The molecule has 0 unspecified atom stereocenters. The van der Waals surface area contributed by atoms with Crippen molar-refractivity contribution in [3.8, 4) is 0 Å². The lowest BCUT2D eigenvalue weighted by Crippen LogP contribution is -2.51. The standard InChI is InChI=1S/C8H8F9O6P/c9-5(10,4-21-24(18)19-2-1-3-20-24)22-6(11,12)7(13,14)23-8(15,16)17/h1-4H2. The Morgan fingerprint density at radius 2 is 1.29 bits per heavy atom. The van der Waals surface area contributed by atoms with E-state index in [1.165, 1.54) is 0 Å². The van der Waals surface area contributed by atoms with E-state index in [4.69, 9.17) is 0 Å². The summed E-state index contributed by atoms with van der Waals surface area (Å²) in [7, 11) is -4.55. The number of alkyl halides is 9. The molecule has 0 atom stereocenters. The molecule has 1 saturated heterocycles. The van der Waals surface area contributed by atoms with Crippen molar-refractivity contribution in [3.05, 3.63) is 0 Å². The van der Waals surface area contributed by atoms with Gasteiger partial charge >= 0.3 is 32.5 Å². The highest BCUT2D eigenvalue weighted by Crippen LogP contribution is 2.53. The van der Waals surface area contributed by atoms with Gasteiger partial charge in [-0.25, -0.2) is 14.0 Å². The molecule has 0 radical (unpaired) electrons. The van der Waals surface area contributed by atoms with E-state index in [1.54, 1.807) is 4.74 Å². The lowest BCUT2D eigenvalue weighted by Gasteiger charge is -2.30. The monoisotopic (exact) mass is 402 g/mol. The molecule has 0 aromatic heterocycles. The van der Waals surface area contributed by atoms with Crippen molar-refractivity contribution in [2.75, 3.05) is 19.8 Å². The largest absolute Gasteiger partial charge is 0.527 e. The normalized spacial score (nSPS) is 20.2. The van der Waals surface area contributed by atoms with Crippen LogP contribution in [-0.2, 0) is 27.6 Å². The fraction of sp³-hybridized carbons (Fsp3) is 1.00. The van der Waals surface area contributed by atoms with Gasteiger partial charge in [0.2, 0.25) is 0 Å². The third-order valence-corrected chi connectivity index (χ3v) is 3.48. The van der Waals surface area contributed by atoms with E-state index in [-0.39, 0.29) is 19.6 Å². The van der Waals surface area contributed by atoms with Crippen molar-refractivity contribution in [1.82, 2.24) is 0 Å². The molecule has 0 aromatic rings. The molecule has 0 amide bonds. The van der Waals surface area contributed by atoms with Crippen LogP contribution in [-0.4, -0.2) is 44.5 Å². The Balaban J connectivity index is 2.71. The van der Waals surface area contributed by atoms with Gasteiger partial charge in [0.15, 0.2) is 0 Å². The fourth-order valence-corrected chi connectivity index (χ4v) is 2.40. The lowest BCUT2D eigenvalue weighted by atomic mass is 10.5. The number of phosphoric ester groups is 1. The van der Waals surface area contributed by atoms with Crippen LogP contribution in [0.2, 0.25) is 0 Å². The van der Waals surface area contributed by atoms with E-state index in [1.807, 2.05) is 0 Å². The van der Waals surface area contributed by atoms with E-state index >= 15 is 0 Å². The fourth-order valence-electron chi connectivity index (χ4n) is 1.16. The van der Waals surface area contributed by atoms with Crippen molar-refractivity contribution >= 4 is 7.82 Å². The minimum absolute atomic E-state index is 0.208. The molecule has 144 valence electrons. The highest BCUT2D eigenvalue weighted by molar-refractivity contribution is 7.48. The second-order valence-electron chi connectivity index (χ2n) is 4.06. The van der Waals surface area contributed by atoms with Crippen LogP contribution in [0.15, 0.2) is 0 Å². The quantitative estimate of drug-likeness (QED) is 0.476.